The summed E-state index contributed by atoms with van der Waals surface area (Å²) >= 11 is 6.18. The lowest BCUT2D eigenvalue weighted by atomic mass is 9.73. The highest BCUT2D eigenvalue weighted by Crippen LogP contribution is 2.44. The van der Waals surface area contributed by atoms with Crippen molar-refractivity contribution in [2.45, 2.75) is 26.2 Å². The van der Waals surface area contributed by atoms with Crippen LogP contribution >= 0.6 is 11.6 Å². The molecule has 35 heavy (non-hydrogen) atoms. The van der Waals surface area contributed by atoms with Crippen LogP contribution < -0.4 is 9.80 Å². The van der Waals surface area contributed by atoms with Gasteiger partial charge in [0, 0.05) is 43.2 Å². The minimum atomic E-state index is -4.32. The number of nitrogens with zero attached hydrogens (tertiary/aromatic N) is 7. The fraction of sp³-hybridized carbons (Fsp3) is 0.435. The average Bonchev–Trinajstić information content (AvgIpc) is 3.03. The Hall–Kier alpha value is -2.92. The first-order chi connectivity index (χ1) is 16.6. The van der Waals surface area contributed by atoms with Gasteiger partial charge >= 0.3 is 6.18 Å². The largest absolute Gasteiger partial charge is 0.401 e. The van der Waals surface area contributed by atoms with Crippen LogP contribution in [-0.2, 0) is 13.1 Å². The number of benzene rings is 1. The molecule has 0 amide bonds. The number of halogens is 5. The van der Waals surface area contributed by atoms with E-state index in [9.17, 15) is 17.6 Å². The topological polar surface area (TPSA) is 53.3 Å². The number of fused-ring (bicyclic) bond motifs is 3. The normalized spacial score (nSPS) is 19.1. The third-order valence-electron chi connectivity index (χ3n) is 6.88. The SMILES string of the molecule is Cc1nc(N2CC3(C2)CN(c2nnc4n2-c2ccc(Cl)cc2CN(CC(F)(F)F)C4)C3)ccc1F. The zero-order chi connectivity index (χ0) is 24.5. The fourth-order valence-corrected chi connectivity index (χ4v) is 5.55. The van der Waals surface area contributed by atoms with Crippen LogP contribution in [0.25, 0.3) is 5.69 Å². The molecule has 0 saturated carbocycles. The standard InChI is InChI=1S/C23H22ClF4N7/c1-14-17(25)3-5-19(29-14)33-9-22(10-33)11-34(12-22)21-31-30-20-8-32(13-23(26,27)28)7-15-6-16(24)2-4-18(15)35(20)21/h2-6H,7-13H2,1H3. The van der Waals surface area contributed by atoms with Gasteiger partial charge in [-0.2, -0.15) is 13.2 Å². The van der Waals surface area contributed by atoms with E-state index < -0.39 is 12.7 Å². The highest BCUT2D eigenvalue weighted by Gasteiger charge is 2.53. The quantitative estimate of drug-likeness (QED) is 0.500. The Morgan fingerprint density at radius 3 is 2.46 bits per heavy atom. The average molecular weight is 508 g/mol. The summed E-state index contributed by atoms with van der Waals surface area (Å²) in [4.78, 5) is 9.88. The van der Waals surface area contributed by atoms with Crippen molar-refractivity contribution in [1.82, 2.24) is 24.6 Å². The molecule has 5 heterocycles. The molecule has 2 aromatic heterocycles. The number of alkyl halides is 3. The molecular weight excluding hydrogens is 486 g/mol. The molecule has 7 nitrogen and oxygen atoms in total. The fourth-order valence-electron chi connectivity index (χ4n) is 5.36. The zero-order valence-electron chi connectivity index (χ0n) is 18.9. The molecule has 0 aliphatic carbocycles. The summed E-state index contributed by atoms with van der Waals surface area (Å²) in [5.41, 5.74) is 1.90. The van der Waals surface area contributed by atoms with E-state index in [0.29, 0.717) is 28.1 Å². The van der Waals surface area contributed by atoms with Gasteiger partial charge in [0.15, 0.2) is 5.82 Å². The van der Waals surface area contributed by atoms with Gasteiger partial charge < -0.3 is 9.80 Å². The van der Waals surface area contributed by atoms with Gasteiger partial charge in [-0.25, -0.2) is 9.37 Å². The number of anilines is 2. The van der Waals surface area contributed by atoms with E-state index >= 15 is 0 Å². The molecule has 0 bridgehead atoms. The van der Waals surface area contributed by atoms with Crippen molar-refractivity contribution in [1.29, 1.82) is 0 Å². The molecule has 184 valence electrons. The van der Waals surface area contributed by atoms with Crippen molar-refractivity contribution in [3.63, 3.8) is 0 Å². The summed E-state index contributed by atoms with van der Waals surface area (Å²) in [6.07, 6.45) is -4.32. The first kappa shape index (κ1) is 22.5. The molecule has 1 spiro atoms. The molecule has 12 heteroatoms. The summed E-state index contributed by atoms with van der Waals surface area (Å²) in [5, 5.41) is 9.10. The number of rotatable bonds is 3. The summed E-state index contributed by atoms with van der Waals surface area (Å²) in [6, 6.07) is 8.38. The van der Waals surface area contributed by atoms with Crippen LogP contribution in [0.15, 0.2) is 30.3 Å². The minimum absolute atomic E-state index is 0.0289. The second kappa shape index (κ2) is 7.79. The van der Waals surface area contributed by atoms with Crippen LogP contribution in [-0.4, -0.2) is 63.5 Å². The second-order valence-corrected chi connectivity index (χ2v) is 10.2. The Kier molecular flexibility index (Phi) is 5.02. The second-order valence-electron chi connectivity index (χ2n) is 9.73. The lowest BCUT2D eigenvalue weighted by Crippen LogP contribution is -2.73. The van der Waals surface area contributed by atoms with Gasteiger partial charge in [0.1, 0.15) is 11.6 Å². The Morgan fingerprint density at radius 2 is 1.74 bits per heavy atom. The number of hydrogen-bond donors (Lipinski definition) is 0. The van der Waals surface area contributed by atoms with Crippen LogP contribution in [0.3, 0.4) is 0 Å². The molecule has 0 N–H and O–H groups in total. The van der Waals surface area contributed by atoms with Gasteiger partial charge in [-0.15, -0.1) is 10.2 Å². The molecule has 2 saturated heterocycles. The Labute approximate surface area is 203 Å². The van der Waals surface area contributed by atoms with Gasteiger partial charge in [0.05, 0.1) is 24.5 Å². The monoisotopic (exact) mass is 507 g/mol. The van der Waals surface area contributed by atoms with Crippen molar-refractivity contribution >= 4 is 23.4 Å². The Morgan fingerprint density at radius 1 is 1.00 bits per heavy atom. The Bertz CT molecular complexity index is 1290. The maximum absolute atomic E-state index is 13.6. The molecule has 2 fully saturated rings. The number of hydrogen-bond acceptors (Lipinski definition) is 6. The predicted octanol–water partition coefficient (Wildman–Crippen LogP) is 3.97. The van der Waals surface area contributed by atoms with Crippen molar-refractivity contribution in [2.75, 3.05) is 42.5 Å². The lowest BCUT2D eigenvalue weighted by Gasteiger charge is -2.60. The highest BCUT2D eigenvalue weighted by molar-refractivity contribution is 6.30. The Balaban J connectivity index is 1.23. The summed E-state index contributed by atoms with van der Waals surface area (Å²) in [7, 11) is 0. The van der Waals surface area contributed by atoms with E-state index in [1.807, 2.05) is 10.6 Å². The maximum Gasteiger partial charge on any atom is 0.401 e. The number of aromatic nitrogens is 4. The van der Waals surface area contributed by atoms with Gasteiger partial charge in [-0.3, -0.25) is 9.47 Å². The third kappa shape index (κ3) is 4.00. The summed E-state index contributed by atoms with van der Waals surface area (Å²) in [5.74, 6) is 1.53. The first-order valence-electron chi connectivity index (χ1n) is 11.2. The van der Waals surface area contributed by atoms with Crippen molar-refractivity contribution < 1.29 is 17.6 Å². The van der Waals surface area contributed by atoms with E-state index in [0.717, 1.165) is 37.7 Å². The first-order valence-corrected chi connectivity index (χ1v) is 11.6. The molecular formula is C23H22ClF4N7. The molecule has 0 radical (unpaired) electrons. The van der Waals surface area contributed by atoms with Crippen molar-refractivity contribution in [3.05, 3.63) is 58.3 Å². The number of aryl methyl sites for hydroxylation is 1. The smallest absolute Gasteiger partial charge is 0.355 e. The van der Waals surface area contributed by atoms with E-state index in [4.69, 9.17) is 11.6 Å². The van der Waals surface area contributed by atoms with Crippen LogP contribution in [0, 0.1) is 18.2 Å². The van der Waals surface area contributed by atoms with E-state index in [-0.39, 0.29) is 24.3 Å². The molecule has 3 aliphatic heterocycles. The van der Waals surface area contributed by atoms with E-state index in [1.54, 1.807) is 25.1 Å². The van der Waals surface area contributed by atoms with Gasteiger partial charge in [-0.1, -0.05) is 11.6 Å². The van der Waals surface area contributed by atoms with Crippen LogP contribution in [0.5, 0.6) is 0 Å². The van der Waals surface area contributed by atoms with Crippen molar-refractivity contribution in [3.8, 4) is 5.69 Å². The lowest BCUT2D eigenvalue weighted by molar-refractivity contribution is -0.148. The van der Waals surface area contributed by atoms with E-state index in [2.05, 4.69) is 25.0 Å². The van der Waals surface area contributed by atoms with Gasteiger partial charge in [0.2, 0.25) is 5.95 Å². The van der Waals surface area contributed by atoms with Gasteiger partial charge in [-0.05, 0) is 42.8 Å². The van der Waals surface area contributed by atoms with Crippen molar-refractivity contribution in [2.24, 2.45) is 5.41 Å². The summed E-state index contributed by atoms with van der Waals surface area (Å²) < 4.78 is 55.0. The maximum atomic E-state index is 13.6. The molecule has 3 aromatic rings. The number of pyridine rings is 1. The molecule has 0 unspecified atom stereocenters. The molecule has 0 atom stereocenters. The van der Waals surface area contributed by atoms with E-state index in [1.165, 1.54) is 11.0 Å². The molecule has 6 rings (SSSR count). The minimum Gasteiger partial charge on any atom is -0.355 e. The van der Waals surface area contributed by atoms with Crippen LogP contribution in [0.2, 0.25) is 5.02 Å². The predicted molar refractivity (Wildman–Crippen MR) is 122 cm³/mol. The van der Waals surface area contributed by atoms with Crippen LogP contribution in [0.1, 0.15) is 17.1 Å². The summed E-state index contributed by atoms with van der Waals surface area (Å²) in [6.45, 7) is 3.84. The highest BCUT2D eigenvalue weighted by atomic mass is 35.5. The van der Waals surface area contributed by atoms with Crippen LogP contribution in [0.4, 0.5) is 29.3 Å². The zero-order valence-corrected chi connectivity index (χ0v) is 19.6. The van der Waals surface area contributed by atoms with Gasteiger partial charge in [0.25, 0.3) is 0 Å². The molecule has 3 aliphatic rings. The third-order valence-corrected chi connectivity index (χ3v) is 7.11. The molecule has 1 aromatic carbocycles.